The minimum Gasteiger partial charge on any atom is -0.496 e. The molecule has 30 heavy (non-hydrogen) atoms. The Hall–Kier alpha value is -3.54. The van der Waals surface area contributed by atoms with Gasteiger partial charge in [0.15, 0.2) is 17.3 Å². The van der Waals surface area contributed by atoms with Crippen molar-refractivity contribution >= 4 is 11.9 Å². The van der Waals surface area contributed by atoms with Gasteiger partial charge in [-0.05, 0) is 61.9 Å². The molecule has 0 amide bonds. The number of ether oxygens (including phenoxy) is 3. The average Bonchev–Trinajstić information content (AvgIpc) is 3.08. The smallest absolute Gasteiger partial charge is 0.185 e. The van der Waals surface area contributed by atoms with Crippen molar-refractivity contribution < 1.29 is 19.0 Å². The number of benzene rings is 2. The summed E-state index contributed by atoms with van der Waals surface area (Å²) in [5.41, 5.74) is 4.48. The topological polar surface area (TPSA) is 62.6 Å². The minimum absolute atomic E-state index is 0.119. The van der Waals surface area contributed by atoms with Crippen LogP contribution in [0, 0.1) is 13.8 Å². The summed E-state index contributed by atoms with van der Waals surface area (Å²) in [6.07, 6.45) is 3.35. The number of methoxy groups -OCH3 is 3. The number of hydrogen-bond donors (Lipinski definition) is 0. The summed E-state index contributed by atoms with van der Waals surface area (Å²) >= 11 is 0. The van der Waals surface area contributed by atoms with Crippen molar-refractivity contribution in [2.45, 2.75) is 20.4 Å². The lowest BCUT2D eigenvalue weighted by molar-refractivity contribution is 0.104. The molecular formula is C24H26N2O4. The van der Waals surface area contributed by atoms with Crippen molar-refractivity contribution in [2.75, 3.05) is 21.3 Å². The molecule has 0 bridgehead atoms. The van der Waals surface area contributed by atoms with Gasteiger partial charge in [-0.3, -0.25) is 9.48 Å². The minimum atomic E-state index is -0.119. The Balaban J connectivity index is 1.83. The molecule has 0 aliphatic heterocycles. The first kappa shape index (κ1) is 21.2. The van der Waals surface area contributed by atoms with Crippen LogP contribution < -0.4 is 14.2 Å². The summed E-state index contributed by atoms with van der Waals surface area (Å²) in [5, 5.41) is 4.52. The van der Waals surface area contributed by atoms with Gasteiger partial charge in [-0.1, -0.05) is 12.1 Å². The molecule has 3 aromatic rings. The van der Waals surface area contributed by atoms with Crippen molar-refractivity contribution in [3.8, 4) is 17.2 Å². The summed E-state index contributed by atoms with van der Waals surface area (Å²) in [4.78, 5) is 12.6. The largest absolute Gasteiger partial charge is 0.496 e. The number of hydrogen-bond acceptors (Lipinski definition) is 5. The molecule has 6 heteroatoms. The molecule has 1 aromatic heterocycles. The fourth-order valence-electron chi connectivity index (χ4n) is 3.28. The Labute approximate surface area is 176 Å². The van der Waals surface area contributed by atoms with Crippen molar-refractivity contribution in [1.82, 2.24) is 9.78 Å². The third-order valence-corrected chi connectivity index (χ3v) is 4.82. The predicted octanol–water partition coefficient (Wildman–Crippen LogP) is 4.47. The molecule has 0 aliphatic carbocycles. The van der Waals surface area contributed by atoms with Crippen LogP contribution in [0.25, 0.3) is 6.08 Å². The molecule has 0 N–H and O–H groups in total. The van der Waals surface area contributed by atoms with Gasteiger partial charge in [-0.25, -0.2) is 0 Å². The Morgan fingerprint density at radius 2 is 1.63 bits per heavy atom. The standard InChI is InChI=1S/C24H26N2O4/c1-16-12-17(2)26(25-16)15-20-13-18(7-10-22(20)28-3)6-9-21(27)19-8-11-23(29-4)24(14-19)30-5/h6-14H,15H2,1-5H3/b9-6+. The zero-order valence-electron chi connectivity index (χ0n) is 17.9. The van der Waals surface area contributed by atoms with Crippen molar-refractivity contribution in [1.29, 1.82) is 0 Å². The Morgan fingerprint density at radius 3 is 2.27 bits per heavy atom. The van der Waals surface area contributed by atoms with Crippen LogP contribution in [-0.2, 0) is 6.54 Å². The molecule has 0 fully saturated rings. The van der Waals surface area contributed by atoms with Gasteiger partial charge in [0.05, 0.1) is 33.6 Å². The normalized spacial score (nSPS) is 11.0. The van der Waals surface area contributed by atoms with E-state index in [1.165, 1.54) is 0 Å². The molecule has 156 valence electrons. The Morgan fingerprint density at radius 1 is 0.933 bits per heavy atom. The molecule has 0 saturated heterocycles. The summed E-state index contributed by atoms with van der Waals surface area (Å²) in [6, 6.07) is 13.0. The van der Waals surface area contributed by atoms with Crippen molar-refractivity contribution in [2.24, 2.45) is 0 Å². The zero-order valence-corrected chi connectivity index (χ0v) is 17.9. The van der Waals surface area contributed by atoms with E-state index < -0.39 is 0 Å². The average molecular weight is 406 g/mol. The number of aryl methyl sites for hydroxylation is 2. The summed E-state index contributed by atoms with van der Waals surface area (Å²) < 4.78 is 17.9. The van der Waals surface area contributed by atoms with Crippen LogP contribution in [0.2, 0.25) is 0 Å². The van der Waals surface area contributed by atoms with Crippen LogP contribution in [-0.4, -0.2) is 36.9 Å². The monoisotopic (exact) mass is 406 g/mol. The second kappa shape index (κ2) is 9.31. The van der Waals surface area contributed by atoms with Gasteiger partial charge in [0.1, 0.15) is 5.75 Å². The Bertz CT molecular complexity index is 1080. The van der Waals surface area contributed by atoms with E-state index in [0.717, 1.165) is 28.3 Å². The fourth-order valence-corrected chi connectivity index (χ4v) is 3.28. The molecule has 0 spiro atoms. The van der Waals surface area contributed by atoms with Gasteiger partial charge in [0.2, 0.25) is 0 Å². The van der Waals surface area contributed by atoms with Crippen LogP contribution in [0.15, 0.2) is 48.5 Å². The zero-order chi connectivity index (χ0) is 21.7. The molecule has 0 radical (unpaired) electrons. The number of allylic oxidation sites excluding steroid dienone is 1. The van der Waals surface area contributed by atoms with Gasteiger partial charge < -0.3 is 14.2 Å². The molecular weight excluding hydrogens is 380 g/mol. The SMILES string of the molecule is COc1ccc(/C=C/C(=O)c2ccc(OC)c(OC)c2)cc1Cn1nc(C)cc1C. The maximum Gasteiger partial charge on any atom is 0.185 e. The quantitative estimate of drug-likeness (QED) is 0.408. The summed E-state index contributed by atoms with van der Waals surface area (Å²) in [5.74, 6) is 1.77. The van der Waals surface area contributed by atoms with Gasteiger partial charge >= 0.3 is 0 Å². The van der Waals surface area contributed by atoms with Gasteiger partial charge in [-0.15, -0.1) is 0 Å². The molecule has 6 nitrogen and oxygen atoms in total. The van der Waals surface area contributed by atoms with E-state index in [0.29, 0.717) is 23.6 Å². The second-order valence-corrected chi connectivity index (χ2v) is 6.92. The molecule has 0 atom stereocenters. The first-order valence-electron chi connectivity index (χ1n) is 9.57. The fraction of sp³-hybridized carbons (Fsp3) is 0.250. The van der Waals surface area contributed by atoms with E-state index in [1.54, 1.807) is 51.7 Å². The lowest BCUT2D eigenvalue weighted by Crippen LogP contribution is -2.05. The molecule has 0 unspecified atom stereocenters. The lowest BCUT2D eigenvalue weighted by Gasteiger charge is -2.11. The number of carbonyl (C=O) groups excluding carboxylic acids is 1. The number of ketones is 1. The maximum atomic E-state index is 12.6. The first-order valence-corrected chi connectivity index (χ1v) is 9.57. The predicted molar refractivity (Wildman–Crippen MR) is 117 cm³/mol. The highest BCUT2D eigenvalue weighted by molar-refractivity contribution is 6.07. The molecule has 0 aliphatic rings. The van der Waals surface area contributed by atoms with Gasteiger partial charge in [0.25, 0.3) is 0 Å². The van der Waals surface area contributed by atoms with Crippen molar-refractivity contribution in [3.05, 3.63) is 76.6 Å². The van der Waals surface area contributed by atoms with E-state index in [1.807, 2.05) is 42.8 Å². The highest BCUT2D eigenvalue weighted by atomic mass is 16.5. The van der Waals surface area contributed by atoms with E-state index >= 15 is 0 Å². The number of carbonyl (C=O) groups is 1. The van der Waals surface area contributed by atoms with Crippen LogP contribution in [0.1, 0.15) is 32.9 Å². The number of aromatic nitrogens is 2. The highest BCUT2D eigenvalue weighted by Crippen LogP contribution is 2.28. The third-order valence-electron chi connectivity index (χ3n) is 4.82. The van der Waals surface area contributed by atoms with Crippen LogP contribution in [0.3, 0.4) is 0 Å². The second-order valence-electron chi connectivity index (χ2n) is 6.92. The molecule has 2 aromatic carbocycles. The molecule has 3 rings (SSSR count). The summed E-state index contributed by atoms with van der Waals surface area (Å²) in [7, 11) is 4.76. The maximum absolute atomic E-state index is 12.6. The molecule has 0 saturated carbocycles. The Kier molecular flexibility index (Phi) is 6.57. The third kappa shape index (κ3) is 4.71. The van der Waals surface area contributed by atoms with Crippen LogP contribution in [0.4, 0.5) is 0 Å². The van der Waals surface area contributed by atoms with E-state index in [4.69, 9.17) is 14.2 Å². The van der Waals surface area contributed by atoms with E-state index in [-0.39, 0.29) is 5.78 Å². The van der Waals surface area contributed by atoms with Crippen molar-refractivity contribution in [3.63, 3.8) is 0 Å². The van der Waals surface area contributed by atoms with E-state index in [2.05, 4.69) is 5.10 Å². The summed E-state index contributed by atoms with van der Waals surface area (Å²) in [6.45, 7) is 4.59. The van der Waals surface area contributed by atoms with Crippen LogP contribution >= 0.6 is 0 Å². The lowest BCUT2D eigenvalue weighted by atomic mass is 10.1. The number of nitrogens with zero attached hydrogens (tertiary/aromatic N) is 2. The highest BCUT2D eigenvalue weighted by Gasteiger charge is 2.10. The van der Waals surface area contributed by atoms with Gasteiger partial charge in [-0.2, -0.15) is 5.10 Å². The number of rotatable bonds is 8. The van der Waals surface area contributed by atoms with Crippen LogP contribution in [0.5, 0.6) is 17.2 Å². The first-order chi connectivity index (χ1) is 14.4. The molecule has 1 heterocycles. The van der Waals surface area contributed by atoms with Gasteiger partial charge in [0, 0.05) is 16.8 Å². The van der Waals surface area contributed by atoms with E-state index in [9.17, 15) is 4.79 Å².